The highest BCUT2D eigenvalue weighted by molar-refractivity contribution is 7.80. The standard InChI is InChI=1S/C13H26N2O2S/c1-4-8-17-9-6-13(16)15(10-11(2)3)7-5-12(14)18/h11H,4-10H2,1-3H3,(H2,14,18). The highest BCUT2D eigenvalue weighted by atomic mass is 32.1. The summed E-state index contributed by atoms with van der Waals surface area (Å²) in [6.45, 7) is 8.80. The number of hydrogen-bond acceptors (Lipinski definition) is 3. The van der Waals surface area contributed by atoms with Crippen LogP contribution >= 0.6 is 12.2 Å². The summed E-state index contributed by atoms with van der Waals surface area (Å²) in [7, 11) is 0. The Morgan fingerprint density at radius 2 is 2.00 bits per heavy atom. The van der Waals surface area contributed by atoms with Gasteiger partial charge in [-0.15, -0.1) is 0 Å². The molecule has 0 aliphatic rings. The molecule has 0 saturated heterocycles. The fraction of sp³-hybridized carbons (Fsp3) is 0.846. The maximum atomic E-state index is 12.0. The van der Waals surface area contributed by atoms with Crippen molar-refractivity contribution in [3.8, 4) is 0 Å². The van der Waals surface area contributed by atoms with Crippen LogP contribution < -0.4 is 5.73 Å². The van der Waals surface area contributed by atoms with Crippen LogP contribution in [0, 0.1) is 5.92 Å². The van der Waals surface area contributed by atoms with Crippen LogP contribution in [0.25, 0.3) is 0 Å². The Labute approximate surface area is 116 Å². The van der Waals surface area contributed by atoms with Crippen molar-refractivity contribution in [1.29, 1.82) is 0 Å². The predicted molar refractivity (Wildman–Crippen MR) is 78.5 cm³/mol. The van der Waals surface area contributed by atoms with E-state index in [1.54, 1.807) is 0 Å². The molecule has 0 saturated carbocycles. The van der Waals surface area contributed by atoms with E-state index in [0.29, 0.717) is 43.5 Å². The van der Waals surface area contributed by atoms with Crippen molar-refractivity contribution >= 4 is 23.1 Å². The van der Waals surface area contributed by atoms with E-state index in [4.69, 9.17) is 22.7 Å². The number of ether oxygens (including phenoxy) is 1. The number of rotatable bonds is 10. The van der Waals surface area contributed by atoms with Gasteiger partial charge in [-0.2, -0.15) is 0 Å². The van der Waals surface area contributed by atoms with Crippen molar-refractivity contribution in [2.45, 2.75) is 40.0 Å². The zero-order valence-corrected chi connectivity index (χ0v) is 12.6. The normalized spacial score (nSPS) is 10.7. The molecular weight excluding hydrogens is 248 g/mol. The topological polar surface area (TPSA) is 55.6 Å². The van der Waals surface area contributed by atoms with E-state index in [2.05, 4.69) is 20.8 Å². The van der Waals surface area contributed by atoms with E-state index in [1.807, 2.05) is 4.90 Å². The molecule has 0 aliphatic carbocycles. The van der Waals surface area contributed by atoms with E-state index >= 15 is 0 Å². The molecule has 0 atom stereocenters. The Hall–Kier alpha value is -0.680. The van der Waals surface area contributed by atoms with Crippen molar-refractivity contribution in [3.05, 3.63) is 0 Å². The first-order valence-corrected chi connectivity index (χ1v) is 7.02. The summed E-state index contributed by atoms with van der Waals surface area (Å²) in [6, 6.07) is 0. The molecule has 0 heterocycles. The maximum absolute atomic E-state index is 12.0. The molecule has 18 heavy (non-hydrogen) atoms. The average Bonchev–Trinajstić information content (AvgIpc) is 2.29. The second-order valence-electron chi connectivity index (χ2n) is 4.81. The highest BCUT2D eigenvalue weighted by Gasteiger charge is 2.14. The fourth-order valence-corrected chi connectivity index (χ4v) is 1.66. The van der Waals surface area contributed by atoms with Crippen molar-refractivity contribution in [2.24, 2.45) is 11.7 Å². The van der Waals surface area contributed by atoms with Gasteiger partial charge in [-0.1, -0.05) is 33.0 Å². The first kappa shape index (κ1) is 17.3. The van der Waals surface area contributed by atoms with Crippen LogP contribution in [0.1, 0.15) is 40.0 Å². The molecule has 0 unspecified atom stereocenters. The zero-order valence-electron chi connectivity index (χ0n) is 11.8. The molecule has 0 spiro atoms. The van der Waals surface area contributed by atoms with Crippen LogP contribution in [0.2, 0.25) is 0 Å². The average molecular weight is 274 g/mol. The molecule has 0 aromatic carbocycles. The van der Waals surface area contributed by atoms with E-state index in [-0.39, 0.29) is 5.91 Å². The van der Waals surface area contributed by atoms with Gasteiger partial charge in [-0.3, -0.25) is 4.79 Å². The fourth-order valence-electron chi connectivity index (χ4n) is 1.57. The Balaban J connectivity index is 4.09. The number of hydrogen-bond donors (Lipinski definition) is 1. The molecule has 4 nitrogen and oxygen atoms in total. The van der Waals surface area contributed by atoms with Crippen LogP contribution in [0.15, 0.2) is 0 Å². The van der Waals surface area contributed by atoms with E-state index in [0.717, 1.165) is 13.0 Å². The quantitative estimate of drug-likeness (QED) is 0.489. The summed E-state index contributed by atoms with van der Waals surface area (Å²) in [5, 5.41) is 0. The van der Waals surface area contributed by atoms with E-state index in [1.165, 1.54) is 0 Å². The van der Waals surface area contributed by atoms with Gasteiger partial charge in [0.2, 0.25) is 5.91 Å². The minimum atomic E-state index is 0.121. The van der Waals surface area contributed by atoms with Gasteiger partial charge in [-0.25, -0.2) is 0 Å². The molecular formula is C13H26N2O2S. The summed E-state index contributed by atoms with van der Waals surface area (Å²) in [5.74, 6) is 0.563. The van der Waals surface area contributed by atoms with Gasteiger partial charge in [0.25, 0.3) is 0 Å². The first-order chi connectivity index (χ1) is 8.47. The molecule has 0 fully saturated rings. The molecule has 0 aromatic heterocycles. The van der Waals surface area contributed by atoms with Crippen molar-refractivity contribution in [2.75, 3.05) is 26.3 Å². The molecule has 0 bridgehead atoms. The smallest absolute Gasteiger partial charge is 0.224 e. The summed E-state index contributed by atoms with van der Waals surface area (Å²) in [5.41, 5.74) is 5.48. The predicted octanol–water partition coefficient (Wildman–Crippen LogP) is 1.96. The first-order valence-electron chi connectivity index (χ1n) is 6.61. The minimum Gasteiger partial charge on any atom is -0.393 e. The Bertz CT molecular complexity index is 257. The lowest BCUT2D eigenvalue weighted by molar-refractivity contribution is -0.132. The zero-order chi connectivity index (χ0) is 14.0. The molecule has 106 valence electrons. The van der Waals surface area contributed by atoms with Gasteiger partial charge in [-0.05, 0) is 12.3 Å². The highest BCUT2D eigenvalue weighted by Crippen LogP contribution is 2.03. The van der Waals surface area contributed by atoms with Gasteiger partial charge in [0, 0.05) is 26.1 Å². The molecule has 0 aliphatic heterocycles. The third-order valence-electron chi connectivity index (χ3n) is 2.38. The molecule has 0 rings (SSSR count). The molecule has 0 aromatic rings. The van der Waals surface area contributed by atoms with Crippen molar-refractivity contribution in [3.63, 3.8) is 0 Å². The van der Waals surface area contributed by atoms with Crippen LogP contribution in [0.3, 0.4) is 0 Å². The van der Waals surface area contributed by atoms with Crippen LogP contribution in [0.5, 0.6) is 0 Å². The van der Waals surface area contributed by atoms with Crippen LogP contribution in [-0.2, 0) is 9.53 Å². The lowest BCUT2D eigenvalue weighted by Crippen LogP contribution is -2.37. The lowest BCUT2D eigenvalue weighted by Gasteiger charge is -2.24. The molecule has 5 heteroatoms. The Morgan fingerprint density at radius 1 is 1.33 bits per heavy atom. The number of nitrogens with zero attached hydrogens (tertiary/aromatic N) is 1. The Kier molecular flexibility index (Phi) is 9.87. The van der Waals surface area contributed by atoms with Gasteiger partial charge in [0.1, 0.15) is 0 Å². The number of nitrogens with two attached hydrogens (primary N) is 1. The lowest BCUT2D eigenvalue weighted by atomic mass is 10.2. The molecule has 1 amide bonds. The van der Waals surface area contributed by atoms with Gasteiger partial charge in [0.15, 0.2) is 0 Å². The van der Waals surface area contributed by atoms with Crippen LogP contribution in [0.4, 0.5) is 0 Å². The monoisotopic (exact) mass is 274 g/mol. The number of carbonyl (C=O) groups excluding carboxylic acids is 1. The molecule has 0 radical (unpaired) electrons. The van der Waals surface area contributed by atoms with Gasteiger partial charge < -0.3 is 15.4 Å². The maximum Gasteiger partial charge on any atom is 0.224 e. The minimum absolute atomic E-state index is 0.121. The van der Waals surface area contributed by atoms with Crippen molar-refractivity contribution in [1.82, 2.24) is 4.90 Å². The number of thiocarbonyl (C=S) groups is 1. The second-order valence-corrected chi connectivity index (χ2v) is 5.34. The third-order valence-corrected chi connectivity index (χ3v) is 2.58. The molecule has 2 N–H and O–H groups in total. The van der Waals surface area contributed by atoms with E-state index in [9.17, 15) is 4.79 Å². The van der Waals surface area contributed by atoms with Crippen LogP contribution in [-0.4, -0.2) is 42.1 Å². The second kappa shape index (κ2) is 10.3. The largest absolute Gasteiger partial charge is 0.393 e. The van der Waals surface area contributed by atoms with Crippen molar-refractivity contribution < 1.29 is 9.53 Å². The SMILES string of the molecule is CCCOCCC(=O)N(CCC(N)=S)CC(C)C. The number of amides is 1. The number of carbonyl (C=O) groups is 1. The summed E-state index contributed by atoms with van der Waals surface area (Å²) < 4.78 is 5.34. The summed E-state index contributed by atoms with van der Waals surface area (Å²) >= 11 is 4.85. The van der Waals surface area contributed by atoms with Gasteiger partial charge >= 0.3 is 0 Å². The third kappa shape index (κ3) is 9.36. The Morgan fingerprint density at radius 3 is 2.50 bits per heavy atom. The van der Waals surface area contributed by atoms with Gasteiger partial charge in [0.05, 0.1) is 18.0 Å². The van der Waals surface area contributed by atoms with E-state index < -0.39 is 0 Å². The summed E-state index contributed by atoms with van der Waals surface area (Å²) in [6.07, 6.45) is 2.00. The summed E-state index contributed by atoms with van der Waals surface area (Å²) in [4.78, 5) is 14.3.